The number of nitrogens with zero attached hydrogens (tertiary/aromatic N) is 1. The van der Waals surface area contributed by atoms with E-state index >= 15 is 0 Å². The number of fused-ring (bicyclic) bond motifs is 1. The molecule has 3 aromatic carbocycles. The van der Waals surface area contributed by atoms with Gasteiger partial charge in [0.2, 0.25) is 0 Å². The third-order valence-corrected chi connectivity index (χ3v) is 5.18. The molecule has 5 nitrogen and oxygen atoms in total. The SMILES string of the molecule is O=C(NC1CCN(C(=O)Nc2ccccc2)CC1)c1cccc2ccccc12. The molecule has 1 aliphatic heterocycles. The average Bonchev–Trinajstić information content (AvgIpc) is 2.74. The second kappa shape index (κ2) is 8.13. The van der Waals surface area contributed by atoms with Gasteiger partial charge in [0, 0.05) is 30.4 Å². The van der Waals surface area contributed by atoms with Crippen LogP contribution in [-0.4, -0.2) is 36.0 Å². The van der Waals surface area contributed by atoms with Crippen LogP contribution < -0.4 is 10.6 Å². The molecule has 0 spiro atoms. The Morgan fingerprint density at radius 3 is 2.29 bits per heavy atom. The molecule has 3 aromatic rings. The molecule has 0 aliphatic carbocycles. The molecule has 2 N–H and O–H groups in total. The maximum atomic E-state index is 12.8. The summed E-state index contributed by atoms with van der Waals surface area (Å²) in [5.41, 5.74) is 1.49. The monoisotopic (exact) mass is 373 g/mol. The summed E-state index contributed by atoms with van der Waals surface area (Å²) < 4.78 is 0. The number of benzene rings is 3. The van der Waals surface area contributed by atoms with Crippen molar-refractivity contribution < 1.29 is 9.59 Å². The number of carbonyl (C=O) groups is 2. The van der Waals surface area contributed by atoms with Crippen LogP contribution in [0.4, 0.5) is 10.5 Å². The van der Waals surface area contributed by atoms with Gasteiger partial charge in [0.15, 0.2) is 0 Å². The number of hydrogen-bond acceptors (Lipinski definition) is 2. The molecule has 3 amide bonds. The number of carbonyl (C=O) groups excluding carboxylic acids is 2. The Balaban J connectivity index is 1.34. The zero-order valence-electron chi connectivity index (χ0n) is 15.6. The van der Waals surface area contributed by atoms with Crippen LogP contribution in [0.25, 0.3) is 10.8 Å². The molecule has 0 aromatic heterocycles. The summed E-state index contributed by atoms with van der Waals surface area (Å²) in [5.74, 6) is -0.0519. The lowest BCUT2D eigenvalue weighted by Gasteiger charge is -2.32. The molecule has 142 valence electrons. The van der Waals surface area contributed by atoms with Crippen LogP contribution in [-0.2, 0) is 0 Å². The van der Waals surface area contributed by atoms with Gasteiger partial charge in [-0.05, 0) is 41.8 Å². The van der Waals surface area contributed by atoms with Crippen molar-refractivity contribution in [2.45, 2.75) is 18.9 Å². The third kappa shape index (κ3) is 3.98. The summed E-state index contributed by atoms with van der Waals surface area (Å²) in [5, 5.41) is 8.07. The van der Waals surface area contributed by atoms with Crippen LogP contribution >= 0.6 is 0 Å². The van der Waals surface area contributed by atoms with Crippen LogP contribution in [0.2, 0.25) is 0 Å². The summed E-state index contributed by atoms with van der Waals surface area (Å²) in [7, 11) is 0. The van der Waals surface area contributed by atoms with E-state index in [1.165, 1.54) is 0 Å². The van der Waals surface area contributed by atoms with Gasteiger partial charge in [-0.25, -0.2) is 4.79 Å². The number of anilines is 1. The first kappa shape index (κ1) is 18.0. The van der Waals surface area contributed by atoms with Gasteiger partial charge in [0.25, 0.3) is 5.91 Å². The maximum absolute atomic E-state index is 12.8. The van der Waals surface area contributed by atoms with Crippen molar-refractivity contribution in [3.63, 3.8) is 0 Å². The van der Waals surface area contributed by atoms with Crippen LogP contribution in [0, 0.1) is 0 Å². The van der Waals surface area contributed by atoms with Crippen molar-refractivity contribution in [3.05, 3.63) is 78.4 Å². The summed E-state index contributed by atoms with van der Waals surface area (Å²) in [6.07, 6.45) is 1.50. The van der Waals surface area contributed by atoms with E-state index in [-0.39, 0.29) is 18.0 Å². The Morgan fingerprint density at radius 2 is 1.50 bits per heavy atom. The van der Waals surface area contributed by atoms with Gasteiger partial charge in [-0.15, -0.1) is 0 Å². The fraction of sp³-hybridized carbons (Fsp3) is 0.217. The van der Waals surface area contributed by atoms with Gasteiger partial charge >= 0.3 is 6.03 Å². The van der Waals surface area contributed by atoms with Gasteiger partial charge in [-0.3, -0.25) is 4.79 Å². The first-order valence-corrected chi connectivity index (χ1v) is 9.60. The van der Waals surface area contributed by atoms with Gasteiger partial charge in [-0.1, -0.05) is 54.6 Å². The molecule has 0 saturated carbocycles. The van der Waals surface area contributed by atoms with Crippen LogP contribution in [0.15, 0.2) is 72.8 Å². The average molecular weight is 373 g/mol. The molecule has 0 bridgehead atoms. The Kier molecular flexibility index (Phi) is 5.24. The Labute approximate surface area is 164 Å². The number of urea groups is 1. The molecule has 5 heteroatoms. The summed E-state index contributed by atoms with van der Waals surface area (Å²) in [6, 6.07) is 23.1. The number of rotatable bonds is 3. The molecular formula is C23H23N3O2. The van der Waals surface area contributed by atoms with E-state index in [1.54, 1.807) is 4.90 Å². The highest BCUT2D eigenvalue weighted by Crippen LogP contribution is 2.19. The van der Waals surface area contributed by atoms with Crippen molar-refractivity contribution in [1.82, 2.24) is 10.2 Å². The van der Waals surface area contributed by atoms with E-state index in [0.29, 0.717) is 18.7 Å². The molecule has 1 fully saturated rings. The lowest BCUT2D eigenvalue weighted by Crippen LogP contribution is -2.47. The van der Waals surface area contributed by atoms with E-state index in [1.807, 2.05) is 72.8 Å². The molecule has 28 heavy (non-hydrogen) atoms. The Hall–Kier alpha value is -3.34. The van der Waals surface area contributed by atoms with Crippen LogP contribution in [0.1, 0.15) is 23.2 Å². The fourth-order valence-corrected chi connectivity index (χ4v) is 3.64. The van der Waals surface area contributed by atoms with Crippen molar-refractivity contribution in [1.29, 1.82) is 0 Å². The molecule has 0 unspecified atom stereocenters. The van der Waals surface area contributed by atoms with Crippen LogP contribution in [0.5, 0.6) is 0 Å². The van der Waals surface area contributed by atoms with Gasteiger partial charge in [0.1, 0.15) is 0 Å². The normalized spacial score (nSPS) is 14.6. The maximum Gasteiger partial charge on any atom is 0.321 e. The smallest absolute Gasteiger partial charge is 0.321 e. The number of piperidine rings is 1. The summed E-state index contributed by atoms with van der Waals surface area (Å²) in [4.78, 5) is 27.0. The largest absolute Gasteiger partial charge is 0.349 e. The second-order valence-electron chi connectivity index (χ2n) is 7.06. The Morgan fingerprint density at radius 1 is 0.821 bits per heavy atom. The third-order valence-electron chi connectivity index (χ3n) is 5.18. The molecule has 4 rings (SSSR count). The van der Waals surface area contributed by atoms with Crippen molar-refractivity contribution in [3.8, 4) is 0 Å². The summed E-state index contributed by atoms with van der Waals surface area (Å²) >= 11 is 0. The van der Waals surface area contributed by atoms with Gasteiger partial charge in [-0.2, -0.15) is 0 Å². The van der Waals surface area contributed by atoms with Gasteiger partial charge in [0.05, 0.1) is 0 Å². The minimum absolute atomic E-state index is 0.0519. The highest BCUT2D eigenvalue weighted by Gasteiger charge is 2.24. The number of nitrogens with one attached hydrogen (secondary N) is 2. The van der Waals surface area contributed by atoms with Gasteiger partial charge < -0.3 is 15.5 Å². The highest BCUT2D eigenvalue weighted by atomic mass is 16.2. The summed E-state index contributed by atoms with van der Waals surface area (Å²) in [6.45, 7) is 1.25. The topological polar surface area (TPSA) is 61.4 Å². The predicted molar refractivity (Wildman–Crippen MR) is 111 cm³/mol. The number of amides is 3. The molecule has 1 aliphatic rings. The van der Waals surface area contributed by atoms with E-state index < -0.39 is 0 Å². The highest BCUT2D eigenvalue weighted by molar-refractivity contribution is 6.07. The standard InChI is InChI=1S/C23H23N3O2/c27-22(21-12-6-8-17-7-4-5-11-20(17)21)24-19-13-15-26(16-14-19)23(28)25-18-9-2-1-3-10-18/h1-12,19H,13-16H2,(H,24,27)(H,25,28). The minimum Gasteiger partial charge on any atom is -0.349 e. The fourth-order valence-electron chi connectivity index (χ4n) is 3.64. The first-order chi connectivity index (χ1) is 13.7. The quantitative estimate of drug-likeness (QED) is 0.720. The lowest BCUT2D eigenvalue weighted by molar-refractivity contribution is 0.0921. The van der Waals surface area contributed by atoms with E-state index in [9.17, 15) is 9.59 Å². The zero-order valence-corrected chi connectivity index (χ0v) is 15.6. The predicted octanol–water partition coefficient (Wildman–Crippen LogP) is 4.27. The molecule has 1 heterocycles. The zero-order chi connectivity index (χ0) is 19.3. The van der Waals surface area contributed by atoms with Crippen LogP contribution in [0.3, 0.4) is 0 Å². The number of hydrogen-bond donors (Lipinski definition) is 2. The first-order valence-electron chi connectivity index (χ1n) is 9.60. The van der Waals surface area contributed by atoms with E-state index in [4.69, 9.17) is 0 Å². The molecule has 0 atom stereocenters. The van der Waals surface area contributed by atoms with E-state index in [0.717, 1.165) is 29.3 Å². The van der Waals surface area contributed by atoms with Crippen molar-refractivity contribution in [2.75, 3.05) is 18.4 Å². The van der Waals surface area contributed by atoms with E-state index in [2.05, 4.69) is 10.6 Å². The number of para-hydroxylation sites is 1. The van der Waals surface area contributed by atoms with Crippen molar-refractivity contribution >= 4 is 28.4 Å². The minimum atomic E-state index is -0.0926. The lowest BCUT2D eigenvalue weighted by atomic mass is 10.0. The molecule has 0 radical (unpaired) electrons. The molecule has 1 saturated heterocycles. The van der Waals surface area contributed by atoms with Crippen molar-refractivity contribution in [2.24, 2.45) is 0 Å². The molecular weight excluding hydrogens is 350 g/mol. The second-order valence-corrected chi connectivity index (χ2v) is 7.06. The number of likely N-dealkylation sites (tertiary alicyclic amines) is 1. The Bertz CT molecular complexity index is 974.